The zero-order valence-electron chi connectivity index (χ0n) is 22.5. The van der Waals surface area contributed by atoms with Crippen molar-refractivity contribution in [3.8, 4) is 5.75 Å². The van der Waals surface area contributed by atoms with E-state index in [1.54, 1.807) is 6.66 Å². The molecule has 33 heavy (non-hydrogen) atoms. The fourth-order valence-corrected chi connectivity index (χ4v) is 12.3. The predicted octanol–water partition coefficient (Wildman–Crippen LogP) is 8.89. The van der Waals surface area contributed by atoms with E-state index in [4.69, 9.17) is 8.95 Å². The molecule has 2 aromatic carbocycles. The Labute approximate surface area is 203 Å². The van der Waals surface area contributed by atoms with Crippen molar-refractivity contribution in [2.75, 3.05) is 13.3 Å². The van der Waals surface area contributed by atoms with Gasteiger partial charge < -0.3 is 8.95 Å². The molecule has 2 aromatic rings. The molecule has 1 unspecified atom stereocenters. The van der Waals surface area contributed by atoms with Gasteiger partial charge in [-0.05, 0) is 83.8 Å². The number of rotatable bonds is 11. The van der Waals surface area contributed by atoms with Crippen LogP contribution in [-0.4, -0.2) is 21.6 Å². The fraction of sp³-hybridized carbons (Fsp3) is 0.571. The summed E-state index contributed by atoms with van der Waals surface area (Å²) in [5.74, 6) is 1.000. The summed E-state index contributed by atoms with van der Waals surface area (Å²) >= 11 is 0. The van der Waals surface area contributed by atoms with Crippen LogP contribution in [0, 0.1) is 13.8 Å². The maximum atomic E-state index is 12.6. The Bertz CT molecular complexity index is 919. The van der Waals surface area contributed by atoms with Gasteiger partial charge in [0.15, 0.2) is 0 Å². The van der Waals surface area contributed by atoms with E-state index in [9.17, 15) is 4.57 Å². The van der Waals surface area contributed by atoms with Crippen molar-refractivity contribution in [1.82, 2.24) is 0 Å². The van der Waals surface area contributed by atoms with Crippen LogP contribution in [0.15, 0.2) is 36.4 Å². The van der Waals surface area contributed by atoms with Gasteiger partial charge in [0.1, 0.15) is 5.75 Å². The molecule has 0 spiro atoms. The second-order valence-electron chi connectivity index (χ2n) is 10.5. The van der Waals surface area contributed by atoms with Crippen molar-refractivity contribution >= 4 is 15.7 Å². The second-order valence-corrected chi connectivity index (χ2v) is 18.5. The largest absolute Gasteiger partial charge is 0.543 e. The molecule has 0 saturated heterocycles. The van der Waals surface area contributed by atoms with E-state index in [-0.39, 0.29) is 0 Å². The molecule has 0 radical (unpaired) electrons. The van der Waals surface area contributed by atoms with E-state index in [1.807, 2.05) is 6.92 Å². The van der Waals surface area contributed by atoms with Crippen molar-refractivity contribution < 1.29 is 13.5 Å². The third-order valence-corrected chi connectivity index (χ3v) is 14.7. The molecule has 0 aliphatic rings. The molecule has 2 rings (SSSR count). The smallest absolute Gasteiger partial charge is 0.258 e. The van der Waals surface area contributed by atoms with Gasteiger partial charge >= 0.3 is 0 Å². The molecule has 3 nitrogen and oxygen atoms in total. The summed E-state index contributed by atoms with van der Waals surface area (Å²) < 4.78 is 24.9. The molecule has 0 heterocycles. The summed E-state index contributed by atoms with van der Waals surface area (Å²) in [5.41, 5.74) is 7.87. The molecule has 0 bridgehead atoms. The Morgan fingerprint density at radius 2 is 1.33 bits per heavy atom. The van der Waals surface area contributed by atoms with E-state index >= 15 is 0 Å². The van der Waals surface area contributed by atoms with Gasteiger partial charge in [-0.2, -0.15) is 0 Å². The normalized spacial score (nSPS) is 14.2. The van der Waals surface area contributed by atoms with Crippen LogP contribution in [0.1, 0.15) is 76.3 Å². The molecule has 0 fully saturated rings. The lowest BCUT2D eigenvalue weighted by molar-refractivity contribution is 0.336. The zero-order valence-corrected chi connectivity index (χ0v) is 24.4. The maximum absolute atomic E-state index is 12.6. The van der Waals surface area contributed by atoms with Gasteiger partial charge in [0.2, 0.25) is 7.37 Å². The second kappa shape index (κ2) is 11.4. The molecule has 0 amide bonds. The Morgan fingerprint density at radius 3 is 1.76 bits per heavy atom. The van der Waals surface area contributed by atoms with Crippen LogP contribution in [0.2, 0.25) is 16.6 Å². The summed E-state index contributed by atoms with van der Waals surface area (Å²) in [4.78, 5) is 0. The maximum Gasteiger partial charge on any atom is 0.258 e. The number of hydrogen-bond donors (Lipinski definition) is 0. The summed E-state index contributed by atoms with van der Waals surface area (Å²) in [6.45, 7) is 22.3. The van der Waals surface area contributed by atoms with Crippen molar-refractivity contribution in [2.45, 2.75) is 91.5 Å². The fourth-order valence-electron chi connectivity index (χ4n) is 5.54. The molecule has 0 aliphatic heterocycles. The monoisotopic (exact) mass is 488 g/mol. The minimum Gasteiger partial charge on any atom is -0.543 e. The predicted molar refractivity (Wildman–Crippen MR) is 146 cm³/mol. The summed E-state index contributed by atoms with van der Waals surface area (Å²) in [6, 6.07) is 13.1. The topological polar surface area (TPSA) is 35.5 Å². The van der Waals surface area contributed by atoms with Gasteiger partial charge in [0.25, 0.3) is 8.32 Å². The van der Waals surface area contributed by atoms with E-state index in [2.05, 4.69) is 91.8 Å². The van der Waals surface area contributed by atoms with Crippen molar-refractivity contribution in [1.29, 1.82) is 0 Å². The Morgan fingerprint density at radius 1 is 0.848 bits per heavy atom. The quantitative estimate of drug-likeness (QED) is 0.234. The number of hydrogen-bond acceptors (Lipinski definition) is 3. The molecular formula is C28H45O3PSi. The van der Waals surface area contributed by atoms with Crippen molar-refractivity contribution in [3.05, 3.63) is 64.2 Å². The Balaban J connectivity index is 2.22. The molecule has 184 valence electrons. The highest BCUT2D eigenvalue weighted by Gasteiger charge is 2.46. The first-order valence-electron chi connectivity index (χ1n) is 12.4. The molecule has 1 atom stereocenters. The molecule has 0 aliphatic carbocycles. The first-order chi connectivity index (χ1) is 15.3. The highest BCUT2D eigenvalue weighted by molar-refractivity contribution is 7.57. The molecule has 5 heteroatoms. The van der Waals surface area contributed by atoms with Gasteiger partial charge in [0.05, 0.1) is 6.61 Å². The SMILES string of the molecule is CCOP(C)(=O)Cc1cc(C)c(Cc2ccc(O[Si](C(C)C)(C(C)C)C(C)C)cc2)c(C)c1. The molecular weight excluding hydrogens is 443 g/mol. The van der Waals surface area contributed by atoms with Crippen LogP contribution in [0.4, 0.5) is 0 Å². The minimum atomic E-state index is -2.59. The van der Waals surface area contributed by atoms with Crippen LogP contribution < -0.4 is 4.43 Å². The van der Waals surface area contributed by atoms with Gasteiger partial charge in [0, 0.05) is 12.8 Å². The van der Waals surface area contributed by atoms with E-state index in [0.29, 0.717) is 29.4 Å². The highest BCUT2D eigenvalue weighted by Crippen LogP contribution is 2.46. The van der Waals surface area contributed by atoms with Crippen LogP contribution in [0.25, 0.3) is 0 Å². The van der Waals surface area contributed by atoms with E-state index in [0.717, 1.165) is 17.7 Å². The zero-order chi connectivity index (χ0) is 25.0. The lowest BCUT2D eigenvalue weighted by atomic mass is 9.94. The standard InChI is InChI=1S/C28H45O3PSi/c1-11-30-32(10,29)19-26-16-23(8)28(24(9)17-26)18-25-12-14-27(15-13-25)31-33(20(2)3,21(4)5)22(6)7/h12-17,20-22H,11,18-19H2,1-10H3. The van der Waals surface area contributed by atoms with Gasteiger partial charge in [-0.15, -0.1) is 0 Å². The molecule has 0 saturated carbocycles. The van der Waals surface area contributed by atoms with Crippen LogP contribution in [-0.2, 0) is 21.7 Å². The third-order valence-electron chi connectivity index (χ3n) is 6.93. The van der Waals surface area contributed by atoms with E-state index < -0.39 is 15.7 Å². The van der Waals surface area contributed by atoms with Gasteiger partial charge in [-0.1, -0.05) is 65.8 Å². The van der Waals surface area contributed by atoms with E-state index in [1.165, 1.54) is 22.3 Å². The molecule has 0 aromatic heterocycles. The average molecular weight is 489 g/mol. The van der Waals surface area contributed by atoms with Gasteiger partial charge in [-0.25, -0.2) is 0 Å². The first kappa shape index (κ1) is 27.9. The first-order valence-corrected chi connectivity index (χ1v) is 16.8. The molecule has 0 N–H and O–H groups in total. The van der Waals surface area contributed by atoms with Crippen molar-refractivity contribution in [3.63, 3.8) is 0 Å². The van der Waals surface area contributed by atoms with Gasteiger partial charge in [-0.3, -0.25) is 4.57 Å². The lowest BCUT2D eigenvalue weighted by Gasteiger charge is -2.42. The Hall–Kier alpha value is -1.35. The summed E-state index contributed by atoms with van der Waals surface area (Å²) in [6.07, 6.45) is 1.37. The average Bonchev–Trinajstić information content (AvgIpc) is 2.68. The number of aryl methyl sites for hydroxylation is 2. The summed E-state index contributed by atoms with van der Waals surface area (Å²) in [5, 5.41) is 0. The summed E-state index contributed by atoms with van der Waals surface area (Å²) in [7, 11) is -4.53. The lowest BCUT2D eigenvalue weighted by Crippen LogP contribution is -2.50. The van der Waals surface area contributed by atoms with Crippen LogP contribution in [0.3, 0.4) is 0 Å². The highest BCUT2D eigenvalue weighted by atomic mass is 31.2. The van der Waals surface area contributed by atoms with Crippen molar-refractivity contribution in [2.24, 2.45) is 0 Å². The minimum absolute atomic E-state index is 0.485. The van der Waals surface area contributed by atoms with Crippen LogP contribution in [0.5, 0.6) is 5.75 Å². The number of benzene rings is 2. The Kier molecular flexibility index (Phi) is 9.62. The third kappa shape index (κ3) is 6.84. The van der Waals surface area contributed by atoms with Crippen LogP contribution >= 0.6 is 7.37 Å².